The lowest BCUT2D eigenvalue weighted by molar-refractivity contribution is 0.0839. The number of nitrogens with one attached hydrogen (secondary N) is 1. The number of carbonyl (C=O) groups excluding carboxylic acids is 1. The lowest BCUT2D eigenvalue weighted by atomic mass is 9.83. The van der Waals surface area contributed by atoms with E-state index in [4.69, 9.17) is 4.52 Å². The molecule has 6 nitrogen and oxygen atoms in total. The molecule has 1 heterocycles. The van der Waals surface area contributed by atoms with Crippen molar-refractivity contribution in [3.05, 3.63) is 11.7 Å². The Morgan fingerprint density at radius 2 is 2.12 bits per heavy atom. The number of aryl methyl sites for hydroxylation is 1. The summed E-state index contributed by atoms with van der Waals surface area (Å²) in [5, 5.41) is 15.6. The van der Waals surface area contributed by atoms with Crippen molar-refractivity contribution in [2.75, 3.05) is 13.2 Å². The van der Waals surface area contributed by atoms with Crippen LogP contribution >= 0.6 is 0 Å². The van der Waals surface area contributed by atoms with Crippen LogP contribution in [0.3, 0.4) is 0 Å². The molecule has 0 radical (unpaired) electrons. The van der Waals surface area contributed by atoms with Crippen LogP contribution in [0.4, 0.5) is 0 Å². The van der Waals surface area contributed by atoms with Gasteiger partial charge in [-0.2, -0.15) is 4.98 Å². The monoisotopic (exact) mass is 241 g/mol. The topological polar surface area (TPSA) is 88.2 Å². The molecule has 2 N–H and O–H groups in total. The van der Waals surface area contributed by atoms with Crippen LogP contribution in [-0.4, -0.2) is 34.3 Å². The summed E-state index contributed by atoms with van der Waals surface area (Å²) in [5.74, 6) is 0.0117. The van der Waals surface area contributed by atoms with Gasteiger partial charge in [-0.1, -0.05) is 19.0 Å². The Balaban J connectivity index is 2.58. The summed E-state index contributed by atoms with van der Waals surface area (Å²) in [5.41, 5.74) is -0.269. The summed E-state index contributed by atoms with van der Waals surface area (Å²) < 4.78 is 4.73. The summed E-state index contributed by atoms with van der Waals surface area (Å²) in [4.78, 5) is 15.5. The zero-order valence-electron chi connectivity index (χ0n) is 10.5. The molecule has 6 heteroatoms. The third-order valence-corrected chi connectivity index (χ3v) is 3.19. The maximum atomic E-state index is 11.7. The van der Waals surface area contributed by atoms with E-state index in [0.29, 0.717) is 12.4 Å². The fraction of sp³-hybridized carbons (Fsp3) is 0.727. The van der Waals surface area contributed by atoms with Crippen LogP contribution in [0.25, 0.3) is 0 Å². The van der Waals surface area contributed by atoms with Crippen LogP contribution in [-0.2, 0) is 0 Å². The third kappa shape index (κ3) is 3.26. The van der Waals surface area contributed by atoms with Crippen molar-refractivity contribution >= 4 is 5.91 Å². The van der Waals surface area contributed by atoms with Gasteiger partial charge >= 0.3 is 0 Å². The van der Waals surface area contributed by atoms with E-state index in [-0.39, 0.29) is 23.8 Å². The van der Waals surface area contributed by atoms with E-state index in [1.54, 1.807) is 6.92 Å². The number of carbonyl (C=O) groups is 1. The van der Waals surface area contributed by atoms with Crippen molar-refractivity contribution in [3.63, 3.8) is 0 Å². The molecule has 1 aromatic rings. The number of amides is 1. The molecular formula is C11H19N3O3. The summed E-state index contributed by atoms with van der Waals surface area (Å²) >= 11 is 0. The van der Waals surface area contributed by atoms with E-state index in [0.717, 1.165) is 12.8 Å². The van der Waals surface area contributed by atoms with Crippen LogP contribution in [0.1, 0.15) is 43.2 Å². The van der Waals surface area contributed by atoms with E-state index in [1.807, 2.05) is 13.8 Å². The second-order valence-electron chi connectivity index (χ2n) is 4.18. The lowest BCUT2D eigenvalue weighted by Gasteiger charge is -2.29. The molecule has 0 saturated carbocycles. The number of hydrogen-bond acceptors (Lipinski definition) is 5. The summed E-state index contributed by atoms with van der Waals surface area (Å²) in [6, 6.07) is 0. The van der Waals surface area contributed by atoms with Crippen molar-refractivity contribution in [1.29, 1.82) is 0 Å². The summed E-state index contributed by atoms with van der Waals surface area (Å²) in [7, 11) is 0. The third-order valence-electron chi connectivity index (χ3n) is 3.19. The predicted octanol–water partition coefficient (Wildman–Crippen LogP) is 0.907. The van der Waals surface area contributed by atoms with E-state index < -0.39 is 0 Å². The highest BCUT2D eigenvalue weighted by atomic mass is 16.5. The Morgan fingerprint density at radius 1 is 1.47 bits per heavy atom. The van der Waals surface area contributed by atoms with E-state index in [9.17, 15) is 9.90 Å². The van der Waals surface area contributed by atoms with Gasteiger partial charge < -0.3 is 14.9 Å². The first-order valence-corrected chi connectivity index (χ1v) is 5.76. The van der Waals surface area contributed by atoms with Crippen LogP contribution in [0.2, 0.25) is 0 Å². The van der Waals surface area contributed by atoms with Gasteiger partial charge in [0, 0.05) is 18.9 Å². The molecule has 17 heavy (non-hydrogen) atoms. The molecule has 0 aromatic carbocycles. The van der Waals surface area contributed by atoms with Crippen LogP contribution < -0.4 is 5.32 Å². The summed E-state index contributed by atoms with van der Waals surface area (Å²) in [6.07, 6.45) is 1.59. The average Bonchev–Trinajstić information content (AvgIpc) is 2.78. The van der Waals surface area contributed by atoms with E-state index in [1.165, 1.54) is 0 Å². The van der Waals surface area contributed by atoms with Gasteiger partial charge in [-0.05, 0) is 12.8 Å². The maximum Gasteiger partial charge on any atom is 0.292 e. The Labute approximate surface area is 100 Å². The average molecular weight is 241 g/mol. The quantitative estimate of drug-likeness (QED) is 0.772. The van der Waals surface area contributed by atoms with Gasteiger partial charge in [-0.3, -0.25) is 4.79 Å². The molecule has 0 atom stereocenters. The molecule has 0 bridgehead atoms. The SMILES string of the molecule is CCC(CC)(CO)CNC(=O)c1noc(C)n1. The standard InChI is InChI=1S/C11H19N3O3/c1-4-11(5-2,7-15)6-12-10(16)9-13-8(3)17-14-9/h15H,4-7H2,1-3H3,(H,12,16). The first-order chi connectivity index (χ1) is 8.06. The minimum atomic E-state index is -0.374. The van der Waals surface area contributed by atoms with Gasteiger partial charge in [-0.15, -0.1) is 0 Å². The highest BCUT2D eigenvalue weighted by Gasteiger charge is 2.26. The zero-order chi connectivity index (χ0) is 12.9. The second kappa shape index (κ2) is 5.77. The first kappa shape index (κ1) is 13.6. The fourth-order valence-electron chi connectivity index (χ4n) is 1.52. The molecule has 1 amide bonds. The number of aromatic nitrogens is 2. The Bertz CT molecular complexity index is 364. The normalized spacial score (nSPS) is 11.5. The molecule has 0 aliphatic heterocycles. The van der Waals surface area contributed by atoms with Gasteiger partial charge in [0.1, 0.15) is 0 Å². The Kier molecular flexibility index (Phi) is 4.62. The number of rotatable bonds is 6. The number of nitrogens with zero attached hydrogens (tertiary/aromatic N) is 2. The minimum Gasteiger partial charge on any atom is -0.396 e. The molecule has 1 rings (SSSR count). The second-order valence-corrected chi connectivity index (χ2v) is 4.18. The highest BCUT2D eigenvalue weighted by Crippen LogP contribution is 2.24. The fourth-order valence-corrected chi connectivity index (χ4v) is 1.52. The maximum absolute atomic E-state index is 11.7. The van der Waals surface area contributed by atoms with E-state index in [2.05, 4.69) is 15.5 Å². The van der Waals surface area contributed by atoms with Gasteiger partial charge in [-0.25, -0.2) is 0 Å². The van der Waals surface area contributed by atoms with Gasteiger partial charge in [0.15, 0.2) is 0 Å². The number of hydrogen-bond donors (Lipinski definition) is 2. The zero-order valence-corrected chi connectivity index (χ0v) is 10.5. The van der Waals surface area contributed by atoms with Crippen LogP contribution in [0, 0.1) is 12.3 Å². The van der Waals surface area contributed by atoms with E-state index >= 15 is 0 Å². The lowest BCUT2D eigenvalue weighted by Crippen LogP contribution is -2.39. The molecule has 0 unspecified atom stereocenters. The Morgan fingerprint density at radius 3 is 2.53 bits per heavy atom. The predicted molar refractivity (Wildman–Crippen MR) is 61.5 cm³/mol. The van der Waals surface area contributed by atoms with Crippen molar-refractivity contribution in [2.24, 2.45) is 5.41 Å². The Hall–Kier alpha value is -1.43. The number of aliphatic hydroxyl groups is 1. The highest BCUT2D eigenvalue weighted by molar-refractivity contribution is 5.90. The molecule has 0 aliphatic carbocycles. The van der Waals surface area contributed by atoms with Gasteiger partial charge in [0.2, 0.25) is 5.89 Å². The molecule has 0 fully saturated rings. The van der Waals surface area contributed by atoms with Crippen molar-refractivity contribution in [2.45, 2.75) is 33.6 Å². The molecule has 0 spiro atoms. The number of aliphatic hydroxyl groups excluding tert-OH is 1. The smallest absolute Gasteiger partial charge is 0.292 e. The van der Waals surface area contributed by atoms with Crippen molar-refractivity contribution in [1.82, 2.24) is 15.5 Å². The van der Waals surface area contributed by atoms with Crippen LogP contribution in [0.5, 0.6) is 0 Å². The molecule has 0 saturated heterocycles. The first-order valence-electron chi connectivity index (χ1n) is 5.76. The summed E-state index contributed by atoms with van der Waals surface area (Å²) in [6.45, 7) is 6.06. The minimum absolute atomic E-state index is 0.0292. The largest absolute Gasteiger partial charge is 0.396 e. The molecule has 96 valence electrons. The van der Waals surface area contributed by atoms with Crippen molar-refractivity contribution < 1.29 is 14.4 Å². The molecule has 1 aromatic heterocycles. The molecule has 0 aliphatic rings. The van der Waals surface area contributed by atoms with Gasteiger partial charge in [0.25, 0.3) is 11.7 Å². The van der Waals surface area contributed by atoms with Crippen LogP contribution in [0.15, 0.2) is 4.52 Å². The van der Waals surface area contributed by atoms with Gasteiger partial charge in [0.05, 0.1) is 6.61 Å². The molecular weight excluding hydrogens is 222 g/mol. The van der Waals surface area contributed by atoms with Crippen molar-refractivity contribution in [3.8, 4) is 0 Å².